The lowest BCUT2D eigenvalue weighted by Crippen LogP contribution is -2.40. The largest absolute Gasteiger partial charge is 0.478 e. The topological polar surface area (TPSA) is 130 Å². The third-order valence-electron chi connectivity index (χ3n) is 4.27. The zero-order valence-corrected chi connectivity index (χ0v) is 16.8. The van der Waals surface area contributed by atoms with Crippen LogP contribution in [0.5, 0.6) is 0 Å². The molecule has 13 heteroatoms. The van der Waals surface area contributed by atoms with Crippen molar-refractivity contribution in [2.45, 2.75) is 9.79 Å². The summed E-state index contributed by atoms with van der Waals surface area (Å²) in [4.78, 5) is 10.4. The monoisotopic (exact) mass is 462 g/mol. The molecule has 0 amide bonds. The number of nitrogens with one attached hydrogen (secondary N) is 1. The Morgan fingerprint density at radius 3 is 2.10 bits per heavy atom. The van der Waals surface area contributed by atoms with Crippen LogP contribution in [0.4, 0.5) is 14.5 Å². The van der Waals surface area contributed by atoms with E-state index in [9.17, 15) is 30.4 Å². The Morgan fingerprint density at radius 1 is 0.967 bits per heavy atom. The molecule has 1 aliphatic rings. The quantitative estimate of drug-likeness (QED) is 0.665. The molecule has 1 fully saturated rings. The van der Waals surface area contributed by atoms with E-state index in [2.05, 4.69) is 0 Å². The second kappa shape index (κ2) is 8.26. The molecule has 0 aliphatic carbocycles. The lowest BCUT2D eigenvalue weighted by Gasteiger charge is -2.26. The highest BCUT2D eigenvalue weighted by Gasteiger charge is 2.27. The maximum atomic E-state index is 13.9. The van der Waals surface area contributed by atoms with Gasteiger partial charge < -0.3 is 9.84 Å². The van der Waals surface area contributed by atoms with Crippen molar-refractivity contribution in [2.24, 2.45) is 0 Å². The number of morpholine rings is 1. The molecule has 1 heterocycles. The van der Waals surface area contributed by atoms with Crippen molar-refractivity contribution < 1.29 is 40.3 Å². The molecule has 162 valence electrons. The molecule has 0 bridgehead atoms. The van der Waals surface area contributed by atoms with Crippen LogP contribution in [-0.4, -0.2) is 58.5 Å². The van der Waals surface area contributed by atoms with Gasteiger partial charge in [0.1, 0.15) is 11.6 Å². The van der Waals surface area contributed by atoms with Crippen molar-refractivity contribution in [3.05, 3.63) is 53.6 Å². The summed E-state index contributed by atoms with van der Waals surface area (Å²) in [5, 5.41) is 8.90. The minimum absolute atomic E-state index is 0.135. The summed E-state index contributed by atoms with van der Waals surface area (Å²) in [7, 11) is -8.25. The van der Waals surface area contributed by atoms with Gasteiger partial charge in [-0.25, -0.2) is 30.4 Å². The van der Waals surface area contributed by atoms with Crippen LogP contribution in [0.3, 0.4) is 0 Å². The SMILES string of the molecule is O=C(O)c1cc(NS(=O)(=O)c2ccc(S(=O)(=O)N3CCOCC3)cc2)c(F)cc1F. The Balaban J connectivity index is 1.87. The van der Waals surface area contributed by atoms with E-state index in [0.717, 1.165) is 24.3 Å². The smallest absolute Gasteiger partial charge is 0.338 e. The normalized spacial score (nSPS) is 15.7. The second-order valence-electron chi connectivity index (χ2n) is 6.21. The van der Waals surface area contributed by atoms with Gasteiger partial charge in [-0.3, -0.25) is 4.72 Å². The van der Waals surface area contributed by atoms with Gasteiger partial charge in [-0.2, -0.15) is 4.31 Å². The first-order valence-corrected chi connectivity index (χ1v) is 11.4. The predicted molar refractivity (Wildman–Crippen MR) is 100 cm³/mol. The van der Waals surface area contributed by atoms with Gasteiger partial charge in [0.15, 0.2) is 0 Å². The first-order valence-electron chi connectivity index (χ1n) is 8.45. The summed E-state index contributed by atoms with van der Waals surface area (Å²) >= 11 is 0. The number of benzene rings is 2. The van der Waals surface area contributed by atoms with E-state index in [0.29, 0.717) is 6.07 Å². The number of aromatic carboxylic acids is 1. The molecule has 3 rings (SSSR count). The summed E-state index contributed by atoms with van der Waals surface area (Å²) in [5.74, 6) is -4.38. The molecular formula is C17H16F2N2O7S2. The van der Waals surface area contributed by atoms with Crippen molar-refractivity contribution in [1.82, 2.24) is 4.31 Å². The fraction of sp³-hybridized carbons (Fsp3) is 0.235. The van der Waals surface area contributed by atoms with E-state index >= 15 is 0 Å². The highest BCUT2D eigenvalue weighted by molar-refractivity contribution is 7.92. The third kappa shape index (κ3) is 4.43. The number of hydrogen-bond donors (Lipinski definition) is 2. The van der Waals surface area contributed by atoms with E-state index in [1.165, 1.54) is 4.31 Å². The number of hydrogen-bond acceptors (Lipinski definition) is 6. The van der Waals surface area contributed by atoms with E-state index in [1.54, 1.807) is 0 Å². The molecule has 1 saturated heterocycles. The number of carboxylic acids is 1. The Kier molecular flexibility index (Phi) is 6.08. The fourth-order valence-corrected chi connectivity index (χ4v) is 5.19. The first kappa shape index (κ1) is 22.1. The Hall–Kier alpha value is -2.61. The van der Waals surface area contributed by atoms with Crippen LogP contribution < -0.4 is 4.72 Å². The van der Waals surface area contributed by atoms with Crippen LogP contribution in [0.2, 0.25) is 0 Å². The minimum Gasteiger partial charge on any atom is -0.478 e. The van der Waals surface area contributed by atoms with Crippen molar-refractivity contribution in [1.29, 1.82) is 0 Å². The Bertz CT molecular complexity index is 1180. The van der Waals surface area contributed by atoms with E-state index in [-0.39, 0.29) is 37.3 Å². The van der Waals surface area contributed by atoms with Crippen LogP contribution in [0.25, 0.3) is 0 Å². The molecule has 1 aliphatic heterocycles. The zero-order valence-electron chi connectivity index (χ0n) is 15.2. The van der Waals surface area contributed by atoms with Crippen LogP contribution in [0.15, 0.2) is 46.2 Å². The molecule has 9 nitrogen and oxygen atoms in total. The number of nitrogens with zero attached hydrogens (tertiary/aromatic N) is 1. The van der Waals surface area contributed by atoms with Gasteiger partial charge in [-0.1, -0.05) is 0 Å². The number of carboxylic acid groups (broad SMARTS) is 1. The average molecular weight is 462 g/mol. The zero-order chi connectivity index (χ0) is 22.1. The fourth-order valence-electron chi connectivity index (χ4n) is 2.72. The predicted octanol–water partition coefficient (Wildman–Crippen LogP) is 1.48. The molecule has 2 aromatic rings. The summed E-state index contributed by atoms with van der Waals surface area (Å²) in [6.45, 7) is 0.827. The van der Waals surface area contributed by atoms with Gasteiger partial charge >= 0.3 is 5.97 Å². The number of sulfonamides is 2. The number of halogens is 2. The third-order valence-corrected chi connectivity index (χ3v) is 7.57. The van der Waals surface area contributed by atoms with Gasteiger partial charge in [0.25, 0.3) is 10.0 Å². The summed E-state index contributed by atoms with van der Waals surface area (Å²) in [5.41, 5.74) is -1.68. The summed E-state index contributed by atoms with van der Waals surface area (Å²) in [6.07, 6.45) is 0. The lowest BCUT2D eigenvalue weighted by atomic mass is 10.2. The van der Waals surface area contributed by atoms with Crippen LogP contribution in [0.1, 0.15) is 10.4 Å². The van der Waals surface area contributed by atoms with Gasteiger partial charge in [0.05, 0.1) is 34.3 Å². The molecule has 2 N–H and O–H groups in total. The Morgan fingerprint density at radius 2 is 1.53 bits per heavy atom. The Labute approximate surface area is 171 Å². The van der Waals surface area contributed by atoms with Crippen molar-refractivity contribution in [3.63, 3.8) is 0 Å². The molecule has 0 radical (unpaired) electrons. The minimum atomic E-state index is -4.41. The van der Waals surface area contributed by atoms with Gasteiger partial charge in [0.2, 0.25) is 10.0 Å². The van der Waals surface area contributed by atoms with Gasteiger partial charge in [-0.05, 0) is 30.3 Å². The van der Waals surface area contributed by atoms with E-state index in [4.69, 9.17) is 9.84 Å². The summed E-state index contributed by atoms with van der Waals surface area (Å²) in [6, 6.07) is 4.96. The van der Waals surface area contributed by atoms with Crippen molar-refractivity contribution in [3.8, 4) is 0 Å². The van der Waals surface area contributed by atoms with E-state index in [1.807, 2.05) is 4.72 Å². The molecule has 0 aromatic heterocycles. The number of carbonyl (C=O) groups is 1. The van der Waals surface area contributed by atoms with Crippen LogP contribution in [0, 0.1) is 11.6 Å². The standard InChI is InChI=1S/C17H16F2N2O7S2/c18-14-10-15(19)16(9-13(14)17(22)23)20-29(24,25)11-1-3-12(4-2-11)30(26,27)21-5-7-28-8-6-21/h1-4,9-10,20H,5-8H2,(H,22,23). The maximum absolute atomic E-state index is 13.9. The van der Waals surface area contributed by atoms with E-state index < -0.39 is 53.8 Å². The molecule has 0 saturated carbocycles. The van der Waals surface area contributed by atoms with Crippen LogP contribution >= 0.6 is 0 Å². The summed E-state index contributed by atoms with van der Waals surface area (Å²) < 4.78 is 85.7. The highest BCUT2D eigenvalue weighted by Crippen LogP contribution is 2.24. The first-order chi connectivity index (χ1) is 14.0. The molecular weight excluding hydrogens is 446 g/mol. The van der Waals surface area contributed by atoms with Crippen molar-refractivity contribution >= 4 is 31.7 Å². The molecule has 0 spiro atoms. The number of ether oxygens (including phenoxy) is 1. The van der Waals surface area contributed by atoms with Gasteiger partial charge in [-0.15, -0.1) is 0 Å². The molecule has 2 aromatic carbocycles. The second-order valence-corrected chi connectivity index (χ2v) is 9.83. The number of anilines is 1. The van der Waals surface area contributed by atoms with Crippen LogP contribution in [-0.2, 0) is 24.8 Å². The number of rotatable bonds is 6. The maximum Gasteiger partial charge on any atom is 0.338 e. The molecule has 0 unspecified atom stereocenters. The lowest BCUT2D eigenvalue weighted by molar-refractivity contribution is 0.0691. The molecule has 30 heavy (non-hydrogen) atoms. The van der Waals surface area contributed by atoms with Gasteiger partial charge in [0, 0.05) is 19.2 Å². The van der Waals surface area contributed by atoms with Crippen molar-refractivity contribution in [2.75, 3.05) is 31.0 Å². The average Bonchev–Trinajstić information content (AvgIpc) is 2.70. The highest BCUT2D eigenvalue weighted by atomic mass is 32.2. The molecule has 0 atom stereocenters.